The fourth-order valence-corrected chi connectivity index (χ4v) is 2.11. The average Bonchev–Trinajstić information content (AvgIpc) is 2.12. The quantitative estimate of drug-likeness (QED) is 0.630. The molecular formula is C12H12F4O. The van der Waals surface area contributed by atoms with Crippen LogP contribution in [-0.4, -0.2) is 5.85 Å². The summed E-state index contributed by atoms with van der Waals surface area (Å²) < 4.78 is 59.6. The van der Waals surface area contributed by atoms with Crippen LogP contribution in [0.2, 0.25) is 0 Å². The average molecular weight is 248 g/mol. The van der Waals surface area contributed by atoms with Crippen LogP contribution in [0.25, 0.3) is 0 Å². The van der Waals surface area contributed by atoms with Crippen molar-refractivity contribution in [3.05, 3.63) is 34.6 Å². The maximum absolute atomic E-state index is 13.8. The lowest BCUT2D eigenvalue weighted by molar-refractivity contribution is -0.304. The monoisotopic (exact) mass is 248 g/mol. The molecule has 0 aliphatic carbocycles. The normalized spacial score (nSPS) is 31.1. The van der Waals surface area contributed by atoms with Gasteiger partial charge in [0, 0.05) is 6.92 Å². The largest absolute Gasteiger partial charge is 0.333 e. The first-order valence-electron chi connectivity index (χ1n) is 5.22. The van der Waals surface area contributed by atoms with Crippen LogP contribution in [-0.2, 0) is 10.7 Å². The Balaban J connectivity index is 2.74. The molecule has 94 valence electrons. The molecule has 0 spiro atoms. The van der Waals surface area contributed by atoms with Gasteiger partial charge in [0.2, 0.25) is 0 Å². The number of hydrogen-bond donors (Lipinski definition) is 0. The predicted octanol–water partition coefficient (Wildman–Crippen LogP) is 4.00. The van der Waals surface area contributed by atoms with Crippen molar-refractivity contribution in [1.82, 2.24) is 0 Å². The first-order chi connectivity index (χ1) is 7.67. The minimum atomic E-state index is -3.99. The zero-order chi connectivity index (χ0) is 13.0. The molecule has 1 heterocycles. The lowest BCUT2D eigenvalue weighted by Gasteiger charge is -2.39. The Morgan fingerprint density at radius 3 is 2.41 bits per heavy atom. The molecule has 0 radical (unpaired) electrons. The van der Waals surface area contributed by atoms with Gasteiger partial charge in [0.1, 0.15) is 5.82 Å². The third-order valence-corrected chi connectivity index (χ3v) is 2.98. The van der Waals surface area contributed by atoms with Gasteiger partial charge in [-0.15, -0.1) is 0 Å². The smallest absolute Gasteiger partial charge is 0.333 e. The van der Waals surface area contributed by atoms with Crippen LogP contribution in [0.1, 0.15) is 36.6 Å². The molecule has 0 saturated heterocycles. The summed E-state index contributed by atoms with van der Waals surface area (Å²) in [6.45, 7) is 3.62. The highest BCUT2D eigenvalue weighted by atomic mass is 19.3. The highest BCUT2D eigenvalue weighted by Gasteiger charge is 2.60. The summed E-state index contributed by atoms with van der Waals surface area (Å²) >= 11 is 0. The first-order valence-corrected chi connectivity index (χ1v) is 5.22. The van der Waals surface area contributed by atoms with Crippen molar-refractivity contribution in [2.45, 2.75) is 38.7 Å². The molecule has 2 rings (SSSR count). The van der Waals surface area contributed by atoms with Crippen LogP contribution >= 0.6 is 0 Å². The first kappa shape index (κ1) is 12.4. The van der Waals surface area contributed by atoms with E-state index in [1.165, 1.54) is 13.0 Å². The van der Waals surface area contributed by atoms with Gasteiger partial charge in [0.15, 0.2) is 0 Å². The molecule has 1 aliphatic heterocycles. The SMILES string of the molecule is Cc1cc(F)c2c(c1)C(C)OC(C)(F)C2(F)F. The third-order valence-electron chi connectivity index (χ3n) is 2.98. The minimum Gasteiger partial charge on any atom is -0.333 e. The molecule has 0 fully saturated rings. The van der Waals surface area contributed by atoms with Crippen LogP contribution in [0.5, 0.6) is 0 Å². The van der Waals surface area contributed by atoms with E-state index in [2.05, 4.69) is 4.74 Å². The molecule has 1 aliphatic rings. The Bertz CT molecular complexity index is 468. The summed E-state index contributed by atoms with van der Waals surface area (Å²) in [7, 11) is 0. The van der Waals surface area contributed by atoms with Gasteiger partial charge in [-0.2, -0.15) is 8.78 Å². The molecule has 0 bridgehead atoms. The number of aryl methyl sites for hydroxylation is 1. The lowest BCUT2D eigenvalue weighted by Crippen LogP contribution is -2.47. The van der Waals surface area contributed by atoms with E-state index in [9.17, 15) is 17.6 Å². The summed E-state index contributed by atoms with van der Waals surface area (Å²) in [4.78, 5) is 0. The third kappa shape index (κ3) is 1.64. The van der Waals surface area contributed by atoms with Crippen molar-refractivity contribution >= 4 is 0 Å². The number of alkyl halides is 3. The Kier molecular flexibility index (Phi) is 2.51. The number of rotatable bonds is 0. The Hall–Kier alpha value is -1.10. The number of hydrogen-bond acceptors (Lipinski definition) is 1. The van der Waals surface area contributed by atoms with Gasteiger partial charge >= 0.3 is 5.92 Å². The van der Waals surface area contributed by atoms with E-state index in [0.29, 0.717) is 12.5 Å². The second kappa shape index (κ2) is 3.45. The molecule has 2 atom stereocenters. The number of benzene rings is 1. The van der Waals surface area contributed by atoms with Gasteiger partial charge in [0.05, 0.1) is 11.7 Å². The lowest BCUT2D eigenvalue weighted by atomic mass is 9.89. The summed E-state index contributed by atoms with van der Waals surface area (Å²) in [5, 5.41) is 0. The Morgan fingerprint density at radius 2 is 1.82 bits per heavy atom. The van der Waals surface area contributed by atoms with E-state index in [0.717, 1.165) is 6.07 Å². The molecule has 0 N–H and O–H groups in total. The molecule has 1 aromatic rings. The van der Waals surface area contributed by atoms with Gasteiger partial charge in [-0.3, -0.25) is 0 Å². The van der Waals surface area contributed by atoms with Gasteiger partial charge in [-0.25, -0.2) is 8.78 Å². The molecule has 1 aromatic carbocycles. The van der Waals surface area contributed by atoms with Crippen LogP contribution in [0.15, 0.2) is 12.1 Å². The van der Waals surface area contributed by atoms with Crippen molar-refractivity contribution in [1.29, 1.82) is 0 Å². The van der Waals surface area contributed by atoms with Crippen molar-refractivity contribution in [2.24, 2.45) is 0 Å². The molecule has 5 heteroatoms. The number of halogens is 4. The summed E-state index contributed by atoms with van der Waals surface area (Å²) in [6, 6.07) is 2.37. The fraction of sp³-hybridized carbons (Fsp3) is 0.500. The zero-order valence-corrected chi connectivity index (χ0v) is 9.65. The van der Waals surface area contributed by atoms with Crippen LogP contribution < -0.4 is 0 Å². The molecule has 1 nitrogen and oxygen atoms in total. The summed E-state index contributed by atoms with van der Waals surface area (Å²) in [6.07, 6.45) is -0.908. The van der Waals surface area contributed by atoms with E-state index < -0.39 is 29.3 Å². The fourth-order valence-electron chi connectivity index (χ4n) is 2.11. The van der Waals surface area contributed by atoms with Crippen molar-refractivity contribution in [2.75, 3.05) is 0 Å². The van der Waals surface area contributed by atoms with Crippen LogP contribution in [0.3, 0.4) is 0 Å². The second-order valence-corrected chi connectivity index (χ2v) is 4.46. The second-order valence-electron chi connectivity index (χ2n) is 4.46. The molecule has 0 saturated carbocycles. The maximum Gasteiger partial charge on any atom is 0.333 e. The van der Waals surface area contributed by atoms with E-state index in [1.54, 1.807) is 6.92 Å². The standard InChI is InChI=1S/C12H12F4O/c1-6-4-8-7(2)17-11(3,14)12(15,16)10(8)9(13)5-6/h4-5,7H,1-3H3. The van der Waals surface area contributed by atoms with Crippen molar-refractivity contribution in [3.63, 3.8) is 0 Å². The van der Waals surface area contributed by atoms with Gasteiger partial charge in [-0.05, 0) is 31.0 Å². The summed E-state index contributed by atoms with van der Waals surface area (Å²) in [5.74, 6) is -8.29. The molecular weight excluding hydrogens is 236 g/mol. The maximum atomic E-state index is 13.8. The van der Waals surface area contributed by atoms with E-state index >= 15 is 0 Å². The highest BCUT2D eigenvalue weighted by Crippen LogP contribution is 2.52. The van der Waals surface area contributed by atoms with Gasteiger partial charge in [0.25, 0.3) is 5.85 Å². The van der Waals surface area contributed by atoms with Crippen molar-refractivity contribution in [3.8, 4) is 0 Å². The molecule has 0 aromatic heterocycles. The van der Waals surface area contributed by atoms with E-state index in [-0.39, 0.29) is 5.56 Å². The molecule has 17 heavy (non-hydrogen) atoms. The number of ether oxygens (including phenoxy) is 1. The van der Waals surface area contributed by atoms with Gasteiger partial charge in [-0.1, -0.05) is 6.07 Å². The molecule has 2 unspecified atom stereocenters. The Labute approximate surface area is 96.4 Å². The number of fused-ring (bicyclic) bond motifs is 1. The van der Waals surface area contributed by atoms with Crippen LogP contribution in [0.4, 0.5) is 17.6 Å². The minimum absolute atomic E-state index is 0.00243. The zero-order valence-electron chi connectivity index (χ0n) is 9.65. The van der Waals surface area contributed by atoms with Crippen LogP contribution in [0, 0.1) is 12.7 Å². The highest BCUT2D eigenvalue weighted by molar-refractivity contribution is 5.40. The van der Waals surface area contributed by atoms with E-state index in [1.807, 2.05) is 0 Å². The van der Waals surface area contributed by atoms with Gasteiger partial charge < -0.3 is 4.74 Å². The summed E-state index contributed by atoms with van der Waals surface area (Å²) in [5.41, 5.74) is -0.399. The molecule has 0 amide bonds. The van der Waals surface area contributed by atoms with E-state index in [4.69, 9.17) is 0 Å². The predicted molar refractivity (Wildman–Crippen MR) is 54.0 cm³/mol. The topological polar surface area (TPSA) is 9.23 Å². The van der Waals surface area contributed by atoms with Crippen molar-refractivity contribution < 1.29 is 22.3 Å². The Morgan fingerprint density at radius 1 is 1.24 bits per heavy atom.